The highest BCUT2D eigenvalue weighted by molar-refractivity contribution is 5.82. The van der Waals surface area contributed by atoms with Gasteiger partial charge in [0.05, 0.1) is 0 Å². The van der Waals surface area contributed by atoms with Gasteiger partial charge in [0.2, 0.25) is 0 Å². The first-order chi connectivity index (χ1) is 7.99. The van der Waals surface area contributed by atoms with E-state index in [1.165, 1.54) is 12.1 Å². The molecule has 5 N–H and O–H groups in total. The Morgan fingerprint density at radius 3 is 2.41 bits per heavy atom. The molecule has 0 atom stereocenters. The van der Waals surface area contributed by atoms with Gasteiger partial charge in [-0.3, -0.25) is 0 Å². The summed E-state index contributed by atoms with van der Waals surface area (Å²) in [5.74, 6) is 5.50. The Balaban J connectivity index is 2.42. The van der Waals surface area contributed by atoms with Crippen LogP contribution in [0.1, 0.15) is 5.56 Å². The van der Waals surface area contributed by atoms with Crippen molar-refractivity contribution >= 4 is 12.2 Å². The monoisotopic (exact) mass is 239 g/mol. The third-order valence-electron chi connectivity index (χ3n) is 2.00. The average molecular weight is 239 g/mol. The second-order valence-corrected chi connectivity index (χ2v) is 3.30. The number of phenolic OH excluding ortho intramolecular Hbond substituents is 1. The number of rotatable bonds is 3. The molecule has 7 heteroatoms. The number of carbonyl (C=O) groups excluding carboxylic acids is 2. The number of carbonyl (C=O) groups is 2. The van der Waals surface area contributed by atoms with Crippen LogP contribution in [-0.2, 0) is 11.2 Å². The minimum Gasteiger partial charge on any atom is -0.508 e. The molecule has 0 radical (unpaired) electrons. The van der Waals surface area contributed by atoms with Crippen LogP contribution in [0.15, 0.2) is 24.3 Å². The summed E-state index contributed by atoms with van der Waals surface area (Å²) in [4.78, 5) is 21.4. The molecular weight excluding hydrogens is 226 g/mol. The topological polar surface area (TPSA) is 119 Å². The number of hydrazine groups is 1. The number of benzene rings is 1. The summed E-state index contributed by atoms with van der Waals surface area (Å²) in [5.41, 5.74) is 5.54. The molecule has 0 aliphatic heterocycles. The van der Waals surface area contributed by atoms with Gasteiger partial charge in [-0.15, -0.1) is 0 Å². The van der Waals surface area contributed by atoms with Crippen LogP contribution in [0.4, 0.5) is 9.59 Å². The van der Waals surface area contributed by atoms with E-state index in [-0.39, 0.29) is 12.3 Å². The standard InChI is InChI=1S/C10H13N3O4/c11-9(15)17-10(16)13(12)6-5-7-1-3-8(14)4-2-7/h1-4,14H,5-6,12H2,(H2,11,15). The predicted octanol–water partition coefficient (Wildman–Crippen LogP) is 0.326. The number of phenols is 1. The van der Waals surface area contributed by atoms with Gasteiger partial charge in [0.1, 0.15) is 5.75 Å². The Hall–Kier alpha value is -2.28. The molecule has 7 nitrogen and oxygen atoms in total. The highest BCUT2D eigenvalue weighted by Crippen LogP contribution is 2.10. The summed E-state index contributed by atoms with van der Waals surface area (Å²) in [6.45, 7) is 0.164. The highest BCUT2D eigenvalue weighted by Gasteiger charge is 2.13. The van der Waals surface area contributed by atoms with Crippen LogP contribution >= 0.6 is 0 Å². The Morgan fingerprint density at radius 1 is 1.29 bits per heavy atom. The van der Waals surface area contributed by atoms with Crippen LogP contribution in [0.3, 0.4) is 0 Å². The van der Waals surface area contributed by atoms with Crippen molar-refractivity contribution < 1.29 is 19.4 Å². The fourth-order valence-electron chi connectivity index (χ4n) is 1.15. The molecule has 0 fully saturated rings. The van der Waals surface area contributed by atoms with Gasteiger partial charge in [-0.1, -0.05) is 12.1 Å². The zero-order valence-corrected chi connectivity index (χ0v) is 9.00. The molecule has 1 aromatic carbocycles. The van der Waals surface area contributed by atoms with E-state index >= 15 is 0 Å². The SMILES string of the molecule is NC(=O)OC(=O)N(N)CCc1ccc(O)cc1. The lowest BCUT2D eigenvalue weighted by atomic mass is 10.1. The summed E-state index contributed by atoms with van der Waals surface area (Å²) in [6, 6.07) is 6.45. The van der Waals surface area contributed by atoms with Crippen LogP contribution in [0.25, 0.3) is 0 Å². The summed E-state index contributed by atoms with van der Waals surface area (Å²) < 4.78 is 4.08. The molecule has 0 spiro atoms. The molecule has 0 saturated carbocycles. The highest BCUT2D eigenvalue weighted by atomic mass is 16.6. The molecule has 1 rings (SSSR count). The number of ether oxygens (including phenoxy) is 1. The van der Waals surface area contributed by atoms with Gasteiger partial charge in [-0.2, -0.15) is 0 Å². The van der Waals surface area contributed by atoms with E-state index in [0.717, 1.165) is 10.6 Å². The Morgan fingerprint density at radius 2 is 1.88 bits per heavy atom. The maximum absolute atomic E-state index is 11.1. The van der Waals surface area contributed by atoms with E-state index < -0.39 is 12.2 Å². The van der Waals surface area contributed by atoms with Crippen molar-refractivity contribution in [2.75, 3.05) is 6.54 Å². The number of nitrogens with zero attached hydrogens (tertiary/aromatic N) is 1. The number of hydrogen-bond donors (Lipinski definition) is 3. The first-order valence-electron chi connectivity index (χ1n) is 4.80. The predicted molar refractivity (Wildman–Crippen MR) is 58.8 cm³/mol. The molecule has 17 heavy (non-hydrogen) atoms. The smallest absolute Gasteiger partial charge is 0.433 e. The van der Waals surface area contributed by atoms with Gasteiger partial charge in [-0.05, 0) is 24.1 Å². The van der Waals surface area contributed by atoms with Gasteiger partial charge in [0.25, 0.3) is 0 Å². The van der Waals surface area contributed by atoms with Crippen molar-refractivity contribution in [2.45, 2.75) is 6.42 Å². The first kappa shape index (κ1) is 12.8. The molecule has 0 aromatic heterocycles. The normalized spacial score (nSPS) is 9.71. The number of nitrogens with two attached hydrogens (primary N) is 2. The minimum atomic E-state index is -1.20. The van der Waals surface area contributed by atoms with Gasteiger partial charge >= 0.3 is 12.2 Å². The summed E-state index contributed by atoms with van der Waals surface area (Å²) in [6.07, 6.45) is -1.74. The van der Waals surface area contributed by atoms with E-state index in [0.29, 0.717) is 6.42 Å². The summed E-state index contributed by atoms with van der Waals surface area (Å²) in [5, 5.41) is 9.81. The second-order valence-electron chi connectivity index (χ2n) is 3.30. The molecule has 0 aliphatic rings. The van der Waals surface area contributed by atoms with Crippen molar-refractivity contribution in [3.05, 3.63) is 29.8 Å². The van der Waals surface area contributed by atoms with Gasteiger partial charge in [0.15, 0.2) is 0 Å². The maximum Gasteiger partial charge on any atom is 0.433 e. The zero-order valence-electron chi connectivity index (χ0n) is 9.00. The Labute approximate surface area is 97.5 Å². The lowest BCUT2D eigenvalue weighted by Crippen LogP contribution is -2.41. The van der Waals surface area contributed by atoms with Crippen molar-refractivity contribution in [3.63, 3.8) is 0 Å². The van der Waals surface area contributed by atoms with Crippen LogP contribution in [0, 0.1) is 0 Å². The fraction of sp³-hybridized carbons (Fsp3) is 0.200. The van der Waals surface area contributed by atoms with Crippen LogP contribution in [-0.4, -0.2) is 28.8 Å². The molecule has 0 heterocycles. The van der Waals surface area contributed by atoms with E-state index in [4.69, 9.17) is 10.9 Å². The molecular formula is C10H13N3O4. The first-order valence-corrected chi connectivity index (χ1v) is 4.80. The number of aromatic hydroxyl groups is 1. The van der Waals surface area contributed by atoms with Gasteiger partial charge in [-0.25, -0.2) is 20.4 Å². The Kier molecular flexibility index (Phi) is 4.29. The molecule has 0 unspecified atom stereocenters. The van der Waals surface area contributed by atoms with Crippen molar-refractivity contribution in [1.29, 1.82) is 0 Å². The molecule has 0 saturated heterocycles. The van der Waals surface area contributed by atoms with E-state index in [2.05, 4.69) is 10.5 Å². The lowest BCUT2D eigenvalue weighted by Gasteiger charge is -2.14. The largest absolute Gasteiger partial charge is 0.508 e. The lowest BCUT2D eigenvalue weighted by molar-refractivity contribution is 0.122. The molecule has 92 valence electrons. The third kappa shape index (κ3) is 4.39. The second kappa shape index (κ2) is 5.71. The molecule has 0 aliphatic carbocycles. The number of amides is 2. The Bertz CT molecular complexity index is 405. The minimum absolute atomic E-state index is 0.159. The van der Waals surface area contributed by atoms with Crippen LogP contribution in [0.5, 0.6) is 5.75 Å². The average Bonchev–Trinajstić information content (AvgIpc) is 2.27. The third-order valence-corrected chi connectivity index (χ3v) is 2.00. The van der Waals surface area contributed by atoms with Crippen molar-refractivity contribution in [3.8, 4) is 5.75 Å². The molecule has 0 bridgehead atoms. The number of hydrogen-bond acceptors (Lipinski definition) is 5. The molecule has 2 amide bonds. The summed E-state index contributed by atoms with van der Waals surface area (Å²) >= 11 is 0. The fourth-order valence-corrected chi connectivity index (χ4v) is 1.15. The zero-order chi connectivity index (χ0) is 12.8. The maximum atomic E-state index is 11.1. The van der Waals surface area contributed by atoms with Crippen LogP contribution < -0.4 is 11.6 Å². The van der Waals surface area contributed by atoms with Gasteiger partial charge < -0.3 is 15.6 Å². The quantitative estimate of drug-likeness (QED) is 0.304. The molecule has 1 aromatic rings. The van der Waals surface area contributed by atoms with E-state index in [1.807, 2.05) is 0 Å². The summed E-state index contributed by atoms with van der Waals surface area (Å²) in [7, 11) is 0. The van der Waals surface area contributed by atoms with Gasteiger partial charge in [0, 0.05) is 6.54 Å². The number of primary amides is 1. The van der Waals surface area contributed by atoms with E-state index in [1.54, 1.807) is 12.1 Å². The van der Waals surface area contributed by atoms with Crippen LogP contribution in [0.2, 0.25) is 0 Å². The van der Waals surface area contributed by atoms with Crippen molar-refractivity contribution in [2.24, 2.45) is 11.6 Å². The van der Waals surface area contributed by atoms with E-state index in [9.17, 15) is 9.59 Å². The van der Waals surface area contributed by atoms with Crippen molar-refractivity contribution in [1.82, 2.24) is 5.01 Å².